The van der Waals surface area contributed by atoms with Crippen LogP contribution in [0.5, 0.6) is 0 Å². The Labute approximate surface area is 107 Å². The number of nitrogens with zero attached hydrogens (tertiary/aromatic N) is 1. The third-order valence-electron chi connectivity index (χ3n) is 3.02. The second kappa shape index (κ2) is 5.08. The van der Waals surface area contributed by atoms with Crippen LogP contribution in [0.3, 0.4) is 0 Å². The number of cyclic esters (lactones) is 1. The van der Waals surface area contributed by atoms with Gasteiger partial charge in [-0.2, -0.15) is 0 Å². The fourth-order valence-corrected chi connectivity index (χ4v) is 2.17. The lowest BCUT2D eigenvalue weighted by atomic mass is 9.99. The summed E-state index contributed by atoms with van der Waals surface area (Å²) in [6.07, 6.45) is 5.72. The second-order valence-corrected chi connectivity index (χ2v) is 4.50. The van der Waals surface area contributed by atoms with Crippen molar-refractivity contribution in [1.29, 1.82) is 0 Å². The average Bonchev–Trinajstić information content (AvgIpc) is 2.72. The summed E-state index contributed by atoms with van der Waals surface area (Å²) in [5.74, 6) is -0.279. The molecule has 1 aromatic carbocycles. The summed E-state index contributed by atoms with van der Waals surface area (Å²) in [6.45, 7) is 4.35. The summed E-state index contributed by atoms with van der Waals surface area (Å²) in [6, 6.07) is 10.0. The molecule has 1 atom stereocenters. The van der Waals surface area contributed by atoms with E-state index in [4.69, 9.17) is 4.74 Å². The molecule has 0 spiro atoms. The highest BCUT2D eigenvalue weighted by Crippen LogP contribution is 2.27. The average molecular weight is 243 g/mol. The highest BCUT2D eigenvalue weighted by molar-refractivity contribution is 5.85. The predicted molar refractivity (Wildman–Crippen MR) is 72.5 cm³/mol. The first-order valence-electron chi connectivity index (χ1n) is 5.94. The summed E-state index contributed by atoms with van der Waals surface area (Å²) in [4.78, 5) is 13.4. The van der Waals surface area contributed by atoms with Gasteiger partial charge in [0, 0.05) is 25.2 Å². The van der Waals surface area contributed by atoms with Gasteiger partial charge in [0.25, 0.3) is 0 Å². The summed E-state index contributed by atoms with van der Waals surface area (Å²) in [5, 5.41) is 0. The first-order valence-corrected chi connectivity index (χ1v) is 5.94. The molecule has 18 heavy (non-hydrogen) atoms. The Bertz CT molecular complexity index is 467. The number of carbonyl (C=O) groups excluding carboxylic acids is 1. The van der Waals surface area contributed by atoms with E-state index in [0.717, 1.165) is 5.69 Å². The van der Waals surface area contributed by atoms with Gasteiger partial charge in [-0.05, 0) is 18.2 Å². The number of likely N-dealkylation sites (N-methyl/N-ethyl adjacent to an activating group) is 1. The van der Waals surface area contributed by atoms with E-state index in [-0.39, 0.29) is 5.97 Å². The minimum atomic E-state index is -0.580. The van der Waals surface area contributed by atoms with Gasteiger partial charge in [0.1, 0.15) is 0 Å². The Balaban J connectivity index is 2.13. The molecule has 1 heterocycles. The first-order chi connectivity index (χ1) is 8.65. The van der Waals surface area contributed by atoms with E-state index in [0.29, 0.717) is 13.0 Å². The standard InChI is InChI=1S/C15H17NO2/c1-3-10-15(11-9-14(17)18-15)12-16(2)13-7-5-4-6-8-13/h3-9,11H,1,10,12H2,2H3. The van der Waals surface area contributed by atoms with Gasteiger partial charge in [-0.3, -0.25) is 0 Å². The summed E-state index contributed by atoms with van der Waals surface area (Å²) >= 11 is 0. The molecule has 0 amide bonds. The molecule has 0 N–H and O–H groups in total. The largest absolute Gasteiger partial charge is 0.449 e. The molecule has 1 aromatic rings. The molecule has 1 aliphatic heterocycles. The molecular formula is C15H17NO2. The SMILES string of the molecule is C=CCC1(CN(C)c2ccccc2)C=CC(=O)O1. The molecule has 0 radical (unpaired) electrons. The normalized spacial score (nSPS) is 21.7. The van der Waals surface area contributed by atoms with Crippen molar-refractivity contribution in [2.45, 2.75) is 12.0 Å². The van der Waals surface area contributed by atoms with Crippen molar-refractivity contribution in [2.24, 2.45) is 0 Å². The van der Waals surface area contributed by atoms with Crippen molar-refractivity contribution in [2.75, 3.05) is 18.5 Å². The Morgan fingerprint density at radius 2 is 2.11 bits per heavy atom. The maximum absolute atomic E-state index is 11.3. The monoisotopic (exact) mass is 243 g/mol. The molecule has 0 saturated heterocycles. The van der Waals surface area contributed by atoms with Gasteiger partial charge in [-0.25, -0.2) is 4.79 Å². The Morgan fingerprint density at radius 3 is 2.67 bits per heavy atom. The number of hydrogen-bond donors (Lipinski definition) is 0. The van der Waals surface area contributed by atoms with Crippen LogP contribution in [0, 0.1) is 0 Å². The highest BCUT2D eigenvalue weighted by Gasteiger charge is 2.35. The van der Waals surface area contributed by atoms with Crippen LogP contribution in [0.15, 0.2) is 55.1 Å². The number of benzene rings is 1. The fourth-order valence-electron chi connectivity index (χ4n) is 2.17. The van der Waals surface area contributed by atoms with Gasteiger partial charge in [0.2, 0.25) is 0 Å². The van der Waals surface area contributed by atoms with Gasteiger partial charge < -0.3 is 9.64 Å². The minimum absolute atomic E-state index is 0.279. The zero-order valence-electron chi connectivity index (χ0n) is 10.5. The predicted octanol–water partition coefficient (Wildman–Crippen LogP) is 2.55. The number of hydrogen-bond acceptors (Lipinski definition) is 3. The zero-order chi connectivity index (χ0) is 13.0. The third kappa shape index (κ3) is 2.62. The first kappa shape index (κ1) is 12.4. The molecule has 0 fully saturated rings. The van der Waals surface area contributed by atoms with Gasteiger partial charge in [0.15, 0.2) is 5.60 Å². The topological polar surface area (TPSA) is 29.5 Å². The van der Waals surface area contributed by atoms with Crippen molar-refractivity contribution in [3.63, 3.8) is 0 Å². The summed E-state index contributed by atoms with van der Waals surface area (Å²) < 4.78 is 5.42. The van der Waals surface area contributed by atoms with Crippen LogP contribution in [0.2, 0.25) is 0 Å². The van der Waals surface area contributed by atoms with Crippen molar-refractivity contribution >= 4 is 11.7 Å². The Morgan fingerprint density at radius 1 is 1.39 bits per heavy atom. The quantitative estimate of drug-likeness (QED) is 0.588. The van der Waals surface area contributed by atoms with Crippen LogP contribution in [0.1, 0.15) is 6.42 Å². The molecule has 1 unspecified atom stereocenters. The number of para-hydroxylation sites is 1. The lowest BCUT2D eigenvalue weighted by molar-refractivity contribution is -0.144. The van der Waals surface area contributed by atoms with E-state index in [1.54, 1.807) is 6.08 Å². The molecule has 0 aliphatic carbocycles. The molecule has 94 valence electrons. The van der Waals surface area contributed by atoms with Crippen molar-refractivity contribution < 1.29 is 9.53 Å². The smallest absolute Gasteiger partial charge is 0.331 e. The lowest BCUT2D eigenvalue weighted by Crippen LogP contribution is -2.41. The van der Waals surface area contributed by atoms with Gasteiger partial charge >= 0.3 is 5.97 Å². The van der Waals surface area contributed by atoms with Gasteiger partial charge in [-0.1, -0.05) is 24.3 Å². The molecule has 2 rings (SSSR count). The molecule has 3 heteroatoms. The maximum Gasteiger partial charge on any atom is 0.331 e. The number of anilines is 1. The molecule has 3 nitrogen and oxygen atoms in total. The molecule has 0 saturated carbocycles. The van der Waals surface area contributed by atoms with Gasteiger partial charge in [-0.15, -0.1) is 6.58 Å². The fraction of sp³-hybridized carbons (Fsp3) is 0.267. The Kier molecular flexibility index (Phi) is 3.51. The van der Waals surface area contributed by atoms with Crippen LogP contribution < -0.4 is 4.90 Å². The molecule has 1 aliphatic rings. The van der Waals surface area contributed by atoms with Crippen molar-refractivity contribution in [3.8, 4) is 0 Å². The number of carbonyl (C=O) groups is 1. The van der Waals surface area contributed by atoms with E-state index in [1.165, 1.54) is 6.08 Å². The van der Waals surface area contributed by atoms with Gasteiger partial charge in [0.05, 0.1) is 6.54 Å². The molecular weight excluding hydrogens is 226 g/mol. The second-order valence-electron chi connectivity index (χ2n) is 4.50. The number of rotatable bonds is 5. The van der Waals surface area contributed by atoms with Crippen LogP contribution >= 0.6 is 0 Å². The van der Waals surface area contributed by atoms with E-state index in [9.17, 15) is 4.79 Å². The lowest BCUT2D eigenvalue weighted by Gasteiger charge is -2.31. The van der Waals surface area contributed by atoms with Crippen molar-refractivity contribution in [1.82, 2.24) is 0 Å². The van der Waals surface area contributed by atoms with Crippen LogP contribution in [0.25, 0.3) is 0 Å². The third-order valence-corrected chi connectivity index (χ3v) is 3.02. The zero-order valence-corrected chi connectivity index (χ0v) is 10.5. The summed E-state index contributed by atoms with van der Waals surface area (Å²) in [5.41, 5.74) is 0.515. The van der Waals surface area contributed by atoms with Crippen LogP contribution in [-0.4, -0.2) is 25.2 Å². The Hall–Kier alpha value is -2.03. The molecule has 0 bridgehead atoms. The minimum Gasteiger partial charge on any atom is -0.449 e. The van der Waals surface area contributed by atoms with E-state index < -0.39 is 5.60 Å². The van der Waals surface area contributed by atoms with E-state index in [2.05, 4.69) is 11.5 Å². The van der Waals surface area contributed by atoms with Crippen molar-refractivity contribution in [3.05, 3.63) is 55.1 Å². The van der Waals surface area contributed by atoms with Crippen LogP contribution in [-0.2, 0) is 9.53 Å². The summed E-state index contributed by atoms with van der Waals surface area (Å²) in [7, 11) is 1.99. The van der Waals surface area contributed by atoms with Crippen LogP contribution in [0.4, 0.5) is 5.69 Å². The number of ether oxygens (including phenoxy) is 1. The van der Waals surface area contributed by atoms with E-state index >= 15 is 0 Å². The maximum atomic E-state index is 11.3. The van der Waals surface area contributed by atoms with E-state index in [1.807, 2.05) is 43.5 Å². The highest BCUT2D eigenvalue weighted by atomic mass is 16.6. The number of esters is 1. The molecule has 0 aromatic heterocycles.